The van der Waals surface area contributed by atoms with Crippen molar-refractivity contribution < 1.29 is 9.90 Å². The molecule has 2 aromatic heterocycles. The molecule has 0 amide bonds. The third-order valence-electron chi connectivity index (χ3n) is 4.65. The van der Waals surface area contributed by atoms with Crippen LogP contribution in [0.3, 0.4) is 0 Å². The number of carboxylic acid groups (broad SMARTS) is 1. The Morgan fingerprint density at radius 1 is 1.55 bits per heavy atom. The number of hydrogen-bond donors (Lipinski definition) is 1. The lowest BCUT2D eigenvalue weighted by Gasteiger charge is -2.42. The van der Waals surface area contributed by atoms with Crippen LogP contribution in [0, 0.1) is 12.3 Å². The Kier molecular flexibility index (Phi) is 3.63. The zero-order valence-electron chi connectivity index (χ0n) is 12.9. The van der Waals surface area contributed by atoms with Gasteiger partial charge in [-0.3, -0.25) is 4.79 Å². The number of halogens is 1. The number of aryl methyl sites for hydroxylation is 1. The standard InChI is InChI=1S/C15H19BrN4O2/c1-9-6-11(16)20-12(9)13(17-8-18-20)19-5-4-15(3,14(21)22)7-10(19)2/h6,8,10H,4-5,7H2,1-3H3,(H,21,22)/t10-,15+/m0/s1. The van der Waals surface area contributed by atoms with E-state index in [9.17, 15) is 9.90 Å². The molecule has 2 aromatic rings. The van der Waals surface area contributed by atoms with E-state index >= 15 is 0 Å². The number of aliphatic carboxylic acids is 1. The highest BCUT2D eigenvalue weighted by atomic mass is 79.9. The zero-order chi connectivity index (χ0) is 16.1. The Morgan fingerprint density at radius 3 is 2.91 bits per heavy atom. The average molecular weight is 367 g/mol. The summed E-state index contributed by atoms with van der Waals surface area (Å²) in [6.07, 6.45) is 2.77. The molecule has 1 fully saturated rings. The number of nitrogens with zero attached hydrogens (tertiary/aromatic N) is 4. The van der Waals surface area contributed by atoms with Crippen LogP contribution >= 0.6 is 15.9 Å². The predicted octanol–water partition coefficient (Wildman–Crippen LogP) is 2.88. The third kappa shape index (κ3) is 2.27. The van der Waals surface area contributed by atoms with Crippen LogP contribution in [-0.2, 0) is 4.79 Å². The van der Waals surface area contributed by atoms with E-state index in [0.717, 1.165) is 21.5 Å². The van der Waals surface area contributed by atoms with Gasteiger partial charge in [0.15, 0.2) is 5.82 Å². The highest BCUT2D eigenvalue weighted by Gasteiger charge is 2.41. The summed E-state index contributed by atoms with van der Waals surface area (Å²) >= 11 is 3.50. The van der Waals surface area contributed by atoms with Gasteiger partial charge in [-0.1, -0.05) is 0 Å². The van der Waals surface area contributed by atoms with Crippen molar-refractivity contribution in [3.8, 4) is 0 Å². The molecule has 2 atom stereocenters. The summed E-state index contributed by atoms with van der Waals surface area (Å²) in [7, 11) is 0. The summed E-state index contributed by atoms with van der Waals surface area (Å²) < 4.78 is 2.72. The topological polar surface area (TPSA) is 70.7 Å². The number of carbonyl (C=O) groups is 1. The molecule has 6 nitrogen and oxygen atoms in total. The normalized spacial score (nSPS) is 25.6. The second-order valence-corrected chi connectivity index (χ2v) is 7.17. The first-order valence-corrected chi connectivity index (χ1v) is 8.12. The Balaban J connectivity index is 2.01. The summed E-state index contributed by atoms with van der Waals surface area (Å²) in [5, 5.41) is 13.7. The van der Waals surface area contributed by atoms with Gasteiger partial charge in [-0.25, -0.2) is 9.50 Å². The molecule has 0 bridgehead atoms. The van der Waals surface area contributed by atoms with Gasteiger partial charge in [-0.05, 0) is 61.2 Å². The highest BCUT2D eigenvalue weighted by molar-refractivity contribution is 9.10. The van der Waals surface area contributed by atoms with Crippen LogP contribution in [0.25, 0.3) is 5.52 Å². The second-order valence-electron chi connectivity index (χ2n) is 6.36. The molecule has 22 heavy (non-hydrogen) atoms. The van der Waals surface area contributed by atoms with Crippen molar-refractivity contribution in [2.45, 2.75) is 39.7 Å². The van der Waals surface area contributed by atoms with Crippen LogP contribution in [0.1, 0.15) is 32.3 Å². The molecule has 1 N–H and O–H groups in total. The van der Waals surface area contributed by atoms with E-state index in [1.54, 1.807) is 6.33 Å². The van der Waals surface area contributed by atoms with Gasteiger partial charge in [-0.2, -0.15) is 5.10 Å². The first-order valence-electron chi connectivity index (χ1n) is 7.32. The number of rotatable bonds is 2. The molecule has 0 aliphatic carbocycles. The molecule has 3 heterocycles. The number of aromatic nitrogens is 3. The van der Waals surface area contributed by atoms with E-state index in [1.165, 1.54) is 0 Å². The fraction of sp³-hybridized carbons (Fsp3) is 0.533. The van der Waals surface area contributed by atoms with Gasteiger partial charge < -0.3 is 10.0 Å². The molecule has 0 unspecified atom stereocenters. The SMILES string of the molecule is Cc1cc(Br)n2ncnc(N3CC[C@@](C)(C(=O)O)C[C@@H]3C)c12. The number of carboxylic acids is 1. The first kappa shape index (κ1) is 15.3. The van der Waals surface area contributed by atoms with Crippen molar-refractivity contribution in [2.75, 3.05) is 11.4 Å². The van der Waals surface area contributed by atoms with Crippen molar-refractivity contribution >= 4 is 33.2 Å². The molecule has 0 aromatic carbocycles. The molecule has 1 saturated heterocycles. The van der Waals surface area contributed by atoms with Gasteiger partial charge >= 0.3 is 5.97 Å². The summed E-state index contributed by atoms with van der Waals surface area (Å²) in [4.78, 5) is 18.1. The van der Waals surface area contributed by atoms with Gasteiger partial charge in [0.05, 0.1) is 5.41 Å². The molecule has 1 aliphatic heterocycles. The van der Waals surface area contributed by atoms with E-state index < -0.39 is 11.4 Å². The first-order chi connectivity index (χ1) is 10.3. The Morgan fingerprint density at radius 2 is 2.27 bits per heavy atom. The molecule has 3 rings (SSSR count). The van der Waals surface area contributed by atoms with Gasteiger partial charge in [0, 0.05) is 12.6 Å². The van der Waals surface area contributed by atoms with E-state index in [1.807, 2.05) is 24.4 Å². The zero-order valence-corrected chi connectivity index (χ0v) is 14.5. The molecule has 0 saturated carbocycles. The Labute approximate surface area is 137 Å². The third-order valence-corrected chi connectivity index (χ3v) is 5.22. The van der Waals surface area contributed by atoms with Crippen molar-refractivity contribution in [3.05, 3.63) is 22.6 Å². The molecular weight excluding hydrogens is 348 g/mol. The number of fused-ring (bicyclic) bond motifs is 1. The number of piperidine rings is 1. The van der Waals surface area contributed by atoms with Gasteiger partial charge in [0.25, 0.3) is 0 Å². The van der Waals surface area contributed by atoms with Crippen molar-refractivity contribution in [3.63, 3.8) is 0 Å². The van der Waals surface area contributed by atoms with Crippen molar-refractivity contribution in [1.29, 1.82) is 0 Å². The Hall–Kier alpha value is -1.63. The number of anilines is 1. The van der Waals surface area contributed by atoms with E-state index in [4.69, 9.17) is 0 Å². The average Bonchev–Trinajstić information content (AvgIpc) is 2.74. The van der Waals surface area contributed by atoms with Gasteiger partial charge in [-0.15, -0.1) is 0 Å². The monoisotopic (exact) mass is 366 g/mol. The van der Waals surface area contributed by atoms with E-state index in [2.05, 4.69) is 37.8 Å². The predicted molar refractivity (Wildman–Crippen MR) is 87.2 cm³/mol. The van der Waals surface area contributed by atoms with Crippen LogP contribution in [-0.4, -0.2) is 38.3 Å². The molecule has 7 heteroatoms. The minimum Gasteiger partial charge on any atom is -0.481 e. The van der Waals surface area contributed by atoms with Crippen LogP contribution in [0.4, 0.5) is 5.82 Å². The highest BCUT2D eigenvalue weighted by Crippen LogP contribution is 2.38. The largest absolute Gasteiger partial charge is 0.481 e. The smallest absolute Gasteiger partial charge is 0.309 e. The van der Waals surface area contributed by atoms with E-state index in [0.29, 0.717) is 19.4 Å². The van der Waals surface area contributed by atoms with Crippen LogP contribution in [0.2, 0.25) is 0 Å². The minimum atomic E-state index is -0.714. The van der Waals surface area contributed by atoms with Crippen LogP contribution < -0.4 is 4.90 Å². The lowest BCUT2D eigenvalue weighted by atomic mass is 9.77. The summed E-state index contributed by atoms with van der Waals surface area (Å²) in [6.45, 7) is 6.60. The molecule has 0 spiro atoms. The summed E-state index contributed by atoms with van der Waals surface area (Å²) in [5.74, 6) is 0.159. The van der Waals surface area contributed by atoms with E-state index in [-0.39, 0.29) is 6.04 Å². The fourth-order valence-electron chi connectivity index (χ4n) is 3.33. The van der Waals surface area contributed by atoms with Crippen LogP contribution in [0.15, 0.2) is 17.0 Å². The van der Waals surface area contributed by atoms with Gasteiger partial charge in [0.2, 0.25) is 0 Å². The Bertz CT molecular complexity index is 744. The summed E-state index contributed by atoms with van der Waals surface area (Å²) in [6, 6.07) is 2.13. The fourth-order valence-corrected chi connectivity index (χ4v) is 3.94. The van der Waals surface area contributed by atoms with Crippen LogP contribution in [0.5, 0.6) is 0 Å². The quantitative estimate of drug-likeness (QED) is 0.884. The second kappa shape index (κ2) is 5.22. The maximum atomic E-state index is 11.5. The van der Waals surface area contributed by atoms with Crippen molar-refractivity contribution in [1.82, 2.24) is 14.6 Å². The van der Waals surface area contributed by atoms with Gasteiger partial charge in [0.1, 0.15) is 16.4 Å². The lowest BCUT2D eigenvalue weighted by Crippen LogP contribution is -2.48. The van der Waals surface area contributed by atoms with Crippen molar-refractivity contribution in [2.24, 2.45) is 5.41 Å². The molecule has 118 valence electrons. The molecular formula is C15H19BrN4O2. The summed E-state index contributed by atoms with van der Waals surface area (Å²) in [5.41, 5.74) is 1.41. The maximum Gasteiger partial charge on any atom is 0.309 e. The number of hydrogen-bond acceptors (Lipinski definition) is 4. The molecule has 0 radical (unpaired) electrons. The molecule has 1 aliphatic rings. The maximum absolute atomic E-state index is 11.5. The lowest BCUT2D eigenvalue weighted by molar-refractivity contribution is -0.149. The minimum absolute atomic E-state index is 0.113.